The first-order valence-electron chi connectivity index (χ1n) is 12.6. The van der Waals surface area contributed by atoms with Crippen LogP contribution >= 0.6 is 0 Å². The molecule has 4 aromatic carbocycles. The predicted molar refractivity (Wildman–Crippen MR) is 135 cm³/mol. The molecule has 3 heterocycles. The number of hydrogen-bond donors (Lipinski definition) is 1. The lowest BCUT2D eigenvalue weighted by Crippen LogP contribution is -2.65. The van der Waals surface area contributed by atoms with Gasteiger partial charge in [0.2, 0.25) is 0 Å². The number of benzene rings is 4. The summed E-state index contributed by atoms with van der Waals surface area (Å²) < 4.78 is 21.1. The second-order valence-corrected chi connectivity index (χ2v) is 11.0. The average molecular weight is 475 g/mol. The van der Waals surface area contributed by atoms with Crippen LogP contribution in [0.5, 0.6) is 23.0 Å². The van der Waals surface area contributed by atoms with Crippen LogP contribution in [-0.2, 0) is 22.2 Å². The molecule has 4 nitrogen and oxygen atoms in total. The zero-order valence-corrected chi connectivity index (χ0v) is 20.2. The summed E-state index contributed by atoms with van der Waals surface area (Å²) in [7, 11) is 0. The van der Waals surface area contributed by atoms with Crippen molar-refractivity contribution in [2.24, 2.45) is 5.92 Å². The number of para-hydroxylation sites is 4. The Bertz CT molecular complexity index is 1580. The maximum absolute atomic E-state index is 11.2. The second-order valence-electron chi connectivity index (χ2n) is 11.0. The summed E-state index contributed by atoms with van der Waals surface area (Å²) in [6.07, 6.45) is 0.769. The third kappa shape index (κ3) is 2.02. The number of rotatable bonds is 1. The minimum absolute atomic E-state index is 0.151. The summed E-state index contributed by atoms with van der Waals surface area (Å²) in [5, 5.41) is 11.2. The monoisotopic (exact) mass is 474 g/mol. The van der Waals surface area contributed by atoms with Crippen molar-refractivity contribution in [2.45, 2.75) is 42.5 Å². The average Bonchev–Trinajstić information content (AvgIpc) is 3.07. The van der Waals surface area contributed by atoms with Crippen molar-refractivity contribution >= 4 is 0 Å². The molecule has 1 spiro atoms. The van der Waals surface area contributed by atoms with Crippen molar-refractivity contribution in [2.75, 3.05) is 0 Å². The zero-order valence-electron chi connectivity index (χ0n) is 20.2. The molecule has 4 aromatic rings. The van der Waals surface area contributed by atoms with Gasteiger partial charge in [-0.15, -0.1) is 0 Å². The molecule has 178 valence electrons. The maximum atomic E-state index is 11.2. The molecule has 8 rings (SSSR count). The molecule has 2 bridgehead atoms. The van der Waals surface area contributed by atoms with Gasteiger partial charge < -0.3 is 19.3 Å². The van der Waals surface area contributed by atoms with E-state index in [1.807, 2.05) is 48.5 Å². The van der Waals surface area contributed by atoms with E-state index in [0.717, 1.165) is 34.8 Å². The van der Waals surface area contributed by atoms with E-state index in [-0.39, 0.29) is 17.1 Å². The van der Waals surface area contributed by atoms with E-state index in [1.165, 1.54) is 5.56 Å². The van der Waals surface area contributed by atoms with Gasteiger partial charge in [-0.05, 0) is 30.3 Å². The molecule has 0 saturated heterocycles. The van der Waals surface area contributed by atoms with Gasteiger partial charge in [-0.2, -0.15) is 0 Å². The summed E-state index contributed by atoms with van der Waals surface area (Å²) in [5.41, 5.74) is 2.55. The van der Waals surface area contributed by atoms with E-state index in [4.69, 9.17) is 14.2 Å². The second kappa shape index (κ2) is 6.25. The van der Waals surface area contributed by atoms with Gasteiger partial charge in [-0.25, -0.2) is 0 Å². The largest absolute Gasteiger partial charge is 0.507 e. The van der Waals surface area contributed by atoms with Crippen molar-refractivity contribution < 1.29 is 19.3 Å². The predicted octanol–water partition coefficient (Wildman–Crippen LogP) is 6.55. The van der Waals surface area contributed by atoms with Gasteiger partial charge in [-0.3, -0.25) is 0 Å². The summed E-state index contributed by atoms with van der Waals surface area (Å²) in [6, 6.07) is 32.3. The van der Waals surface area contributed by atoms with Crippen LogP contribution in [0.15, 0.2) is 97.1 Å². The van der Waals surface area contributed by atoms with Crippen molar-refractivity contribution in [1.82, 2.24) is 0 Å². The third-order valence-electron chi connectivity index (χ3n) is 9.55. The van der Waals surface area contributed by atoms with Crippen molar-refractivity contribution in [3.05, 3.63) is 119 Å². The van der Waals surface area contributed by atoms with E-state index < -0.39 is 16.8 Å². The Morgan fingerprint density at radius 1 is 0.611 bits per heavy atom. The fourth-order valence-corrected chi connectivity index (χ4v) is 8.11. The lowest BCUT2D eigenvalue weighted by atomic mass is 9.54. The Morgan fingerprint density at radius 3 is 1.78 bits per heavy atom. The molecule has 0 radical (unpaired) electrons. The smallest absolute Gasteiger partial charge is 0.289 e. The zero-order chi connectivity index (χ0) is 24.3. The number of aromatic hydroxyl groups is 1. The first-order chi connectivity index (χ1) is 17.4. The lowest BCUT2D eigenvalue weighted by molar-refractivity contribution is -0.245. The van der Waals surface area contributed by atoms with Crippen molar-refractivity contribution in [3.8, 4) is 23.0 Å². The molecule has 1 N–H and O–H groups in total. The minimum Gasteiger partial charge on any atom is -0.507 e. The highest BCUT2D eigenvalue weighted by molar-refractivity contribution is 5.63. The van der Waals surface area contributed by atoms with E-state index in [9.17, 15) is 5.11 Å². The van der Waals surface area contributed by atoms with Crippen LogP contribution in [0, 0.1) is 5.92 Å². The van der Waals surface area contributed by atoms with Crippen LogP contribution in [0.4, 0.5) is 0 Å². The quantitative estimate of drug-likeness (QED) is 0.340. The standard InChI is InChI=1S/C32H26O4/c1-29-19-31(34-25-16-8-4-12-21(25)29)23-14-6-10-18-27(23)36-32(20-11-3-7-15-24(20)33)28(31)30(29,2)22-13-5-9-17-26(22)35-32/h3-18,28,33H,19H2,1-2H3. The SMILES string of the molecule is CC12CC3(Oc4ccccc41)c1ccccc1OC1(c4ccccc4O)Oc4ccccc4C2(C)C31. The highest BCUT2D eigenvalue weighted by Crippen LogP contribution is 2.78. The fourth-order valence-electron chi connectivity index (χ4n) is 8.11. The Kier molecular flexibility index (Phi) is 3.52. The van der Waals surface area contributed by atoms with Crippen LogP contribution in [0.25, 0.3) is 0 Å². The number of fused-ring (bicyclic) bond motifs is 7. The molecule has 4 heteroatoms. The number of phenols is 1. The molecule has 36 heavy (non-hydrogen) atoms. The summed E-state index contributed by atoms with van der Waals surface area (Å²) in [5.74, 6) is 0.985. The van der Waals surface area contributed by atoms with E-state index in [1.54, 1.807) is 6.07 Å². The van der Waals surface area contributed by atoms with E-state index in [2.05, 4.69) is 56.3 Å². The number of hydrogen-bond acceptors (Lipinski definition) is 4. The van der Waals surface area contributed by atoms with Crippen LogP contribution in [0.3, 0.4) is 0 Å². The van der Waals surface area contributed by atoms with Gasteiger partial charge in [0.05, 0.1) is 11.5 Å². The molecule has 0 aromatic heterocycles. The van der Waals surface area contributed by atoms with Gasteiger partial charge in [0, 0.05) is 33.9 Å². The fraction of sp³-hybridized carbons (Fsp3) is 0.250. The van der Waals surface area contributed by atoms with Crippen molar-refractivity contribution in [1.29, 1.82) is 0 Å². The summed E-state index contributed by atoms with van der Waals surface area (Å²) >= 11 is 0. The molecular formula is C32H26O4. The first-order valence-corrected chi connectivity index (χ1v) is 12.6. The minimum atomic E-state index is -1.29. The molecule has 3 aliphatic heterocycles. The van der Waals surface area contributed by atoms with Gasteiger partial charge in [0.25, 0.3) is 5.79 Å². The topological polar surface area (TPSA) is 47.9 Å². The first kappa shape index (κ1) is 20.3. The molecular weight excluding hydrogens is 448 g/mol. The van der Waals surface area contributed by atoms with Crippen LogP contribution < -0.4 is 14.2 Å². The van der Waals surface area contributed by atoms with Gasteiger partial charge in [0.1, 0.15) is 28.6 Å². The molecule has 0 amide bonds. The van der Waals surface area contributed by atoms with Crippen molar-refractivity contribution in [3.63, 3.8) is 0 Å². The highest BCUT2D eigenvalue weighted by Gasteiger charge is 2.82. The molecule has 1 aliphatic carbocycles. The normalized spacial score (nSPS) is 34.1. The summed E-state index contributed by atoms with van der Waals surface area (Å²) in [6.45, 7) is 4.72. The maximum Gasteiger partial charge on any atom is 0.289 e. The Hall–Kier alpha value is -3.92. The van der Waals surface area contributed by atoms with Crippen LogP contribution in [0.2, 0.25) is 0 Å². The van der Waals surface area contributed by atoms with Crippen LogP contribution in [0.1, 0.15) is 42.5 Å². The van der Waals surface area contributed by atoms with Crippen LogP contribution in [-0.4, -0.2) is 5.11 Å². The summed E-state index contributed by atoms with van der Waals surface area (Å²) in [4.78, 5) is 0. The van der Waals surface area contributed by atoms with Gasteiger partial charge in [-0.1, -0.05) is 80.6 Å². The number of ether oxygens (including phenoxy) is 3. The van der Waals surface area contributed by atoms with Gasteiger partial charge in [0.15, 0.2) is 0 Å². The number of phenolic OH excluding ortho intramolecular Hbond substituents is 1. The molecule has 5 unspecified atom stereocenters. The molecule has 4 aliphatic rings. The lowest BCUT2D eigenvalue weighted by Gasteiger charge is -2.57. The Labute approximate surface area is 210 Å². The molecule has 5 atom stereocenters. The van der Waals surface area contributed by atoms with E-state index in [0.29, 0.717) is 5.56 Å². The highest BCUT2D eigenvalue weighted by atomic mass is 16.7. The molecule has 1 saturated carbocycles. The Morgan fingerprint density at radius 2 is 1.11 bits per heavy atom. The van der Waals surface area contributed by atoms with E-state index >= 15 is 0 Å². The third-order valence-corrected chi connectivity index (χ3v) is 9.55. The van der Waals surface area contributed by atoms with Gasteiger partial charge >= 0.3 is 0 Å². The molecule has 1 fully saturated rings. The Balaban J connectivity index is 1.58.